The van der Waals surface area contributed by atoms with E-state index in [1.165, 1.54) is 0 Å². The van der Waals surface area contributed by atoms with Crippen LogP contribution in [0.2, 0.25) is 0 Å². The SMILES string of the molecule is CCCc1cc(-n2cccn2)ncn1. The van der Waals surface area contributed by atoms with Crippen LogP contribution in [0.4, 0.5) is 0 Å². The molecule has 0 radical (unpaired) electrons. The summed E-state index contributed by atoms with van der Waals surface area (Å²) in [6.45, 7) is 2.13. The summed E-state index contributed by atoms with van der Waals surface area (Å²) in [5, 5.41) is 4.11. The summed E-state index contributed by atoms with van der Waals surface area (Å²) in [5.74, 6) is 0.827. The van der Waals surface area contributed by atoms with Gasteiger partial charge in [-0.2, -0.15) is 5.10 Å². The molecule has 0 aliphatic rings. The van der Waals surface area contributed by atoms with Gasteiger partial charge in [-0.25, -0.2) is 14.6 Å². The van der Waals surface area contributed by atoms with Crippen molar-refractivity contribution in [1.29, 1.82) is 0 Å². The number of aromatic nitrogens is 4. The van der Waals surface area contributed by atoms with Gasteiger partial charge in [0.2, 0.25) is 0 Å². The van der Waals surface area contributed by atoms with Gasteiger partial charge < -0.3 is 0 Å². The third kappa shape index (κ3) is 1.79. The van der Waals surface area contributed by atoms with Crippen LogP contribution in [0.25, 0.3) is 5.82 Å². The second kappa shape index (κ2) is 4.00. The highest BCUT2D eigenvalue weighted by atomic mass is 15.3. The van der Waals surface area contributed by atoms with Crippen LogP contribution in [-0.4, -0.2) is 19.7 Å². The van der Waals surface area contributed by atoms with Gasteiger partial charge in [-0.05, 0) is 12.5 Å². The fourth-order valence-electron chi connectivity index (χ4n) is 1.31. The van der Waals surface area contributed by atoms with E-state index in [0.29, 0.717) is 0 Å². The van der Waals surface area contributed by atoms with Crippen molar-refractivity contribution in [2.75, 3.05) is 0 Å². The maximum absolute atomic E-state index is 4.19. The summed E-state index contributed by atoms with van der Waals surface area (Å²) in [4.78, 5) is 8.34. The summed E-state index contributed by atoms with van der Waals surface area (Å²) in [6.07, 6.45) is 7.27. The van der Waals surface area contributed by atoms with Gasteiger partial charge in [0.05, 0.1) is 0 Å². The quantitative estimate of drug-likeness (QED) is 0.735. The fourth-order valence-corrected chi connectivity index (χ4v) is 1.31. The maximum atomic E-state index is 4.19. The van der Waals surface area contributed by atoms with Crippen molar-refractivity contribution < 1.29 is 0 Å². The van der Waals surface area contributed by atoms with E-state index < -0.39 is 0 Å². The molecule has 0 saturated carbocycles. The Labute approximate surface area is 82.6 Å². The predicted octanol–water partition coefficient (Wildman–Crippen LogP) is 1.61. The van der Waals surface area contributed by atoms with E-state index in [9.17, 15) is 0 Å². The lowest BCUT2D eigenvalue weighted by Gasteiger charge is -2.01. The van der Waals surface area contributed by atoms with Crippen molar-refractivity contribution >= 4 is 0 Å². The second-order valence-electron chi connectivity index (χ2n) is 3.07. The fraction of sp³-hybridized carbons (Fsp3) is 0.300. The lowest BCUT2D eigenvalue weighted by Crippen LogP contribution is -2.00. The standard InChI is InChI=1S/C10H12N4/c1-2-4-9-7-10(12-8-11-9)14-6-3-5-13-14/h3,5-8H,2,4H2,1H3. The van der Waals surface area contributed by atoms with Gasteiger partial charge in [0.25, 0.3) is 0 Å². The molecule has 0 fully saturated rings. The van der Waals surface area contributed by atoms with Crippen LogP contribution in [0.3, 0.4) is 0 Å². The van der Waals surface area contributed by atoms with Gasteiger partial charge in [0.15, 0.2) is 5.82 Å². The Morgan fingerprint density at radius 2 is 2.29 bits per heavy atom. The Kier molecular flexibility index (Phi) is 2.53. The molecule has 0 aliphatic carbocycles. The predicted molar refractivity (Wildman–Crippen MR) is 53.1 cm³/mol. The van der Waals surface area contributed by atoms with E-state index >= 15 is 0 Å². The third-order valence-corrected chi connectivity index (χ3v) is 1.95. The van der Waals surface area contributed by atoms with Gasteiger partial charge in [-0.15, -0.1) is 0 Å². The molecule has 0 bridgehead atoms. The van der Waals surface area contributed by atoms with Crippen LogP contribution in [0, 0.1) is 0 Å². The molecule has 72 valence electrons. The lowest BCUT2D eigenvalue weighted by molar-refractivity contribution is 0.813. The van der Waals surface area contributed by atoms with Crippen molar-refractivity contribution in [2.24, 2.45) is 0 Å². The second-order valence-corrected chi connectivity index (χ2v) is 3.07. The van der Waals surface area contributed by atoms with E-state index in [4.69, 9.17) is 0 Å². The molecule has 4 heteroatoms. The van der Waals surface area contributed by atoms with Crippen LogP contribution in [0.15, 0.2) is 30.9 Å². The van der Waals surface area contributed by atoms with Crippen LogP contribution in [0.5, 0.6) is 0 Å². The van der Waals surface area contributed by atoms with Crippen LogP contribution in [0.1, 0.15) is 19.0 Å². The first kappa shape index (κ1) is 8.87. The maximum Gasteiger partial charge on any atom is 0.156 e. The Bertz CT molecular complexity index is 394. The molecule has 0 unspecified atom stereocenters. The first-order valence-corrected chi connectivity index (χ1v) is 4.71. The summed E-state index contributed by atoms with van der Waals surface area (Å²) < 4.78 is 1.74. The van der Waals surface area contributed by atoms with Crippen LogP contribution in [-0.2, 0) is 6.42 Å². The molecule has 0 atom stereocenters. The molecule has 2 heterocycles. The third-order valence-electron chi connectivity index (χ3n) is 1.95. The Morgan fingerprint density at radius 3 is 3.00 bits per heavy atom. The summed E-state index contributed by atoms with van der Waals surface area (Å²) >= 11 is 0. The normalized spacial score (nSPS) is 10.4. The first-order chi connectivity index (χ1) is 6.90. The van der Waals surface area contributed by atoms with Crippen LogP contribution < -0.4 is 0 Å². The summed E-state index contributed by atoms with van der Waals surface area (Å²) in [7, 11) is 0. The molecule has 4 nitrogen and oxygen atoms in total. The molecule has 0 amide bonds. The highest BCUT2D eigenvalue weighted by molar-refractivity contribution is 5.22. The molecule has 14 heavy (non-hydrogen) atoms. The lowest BCUT2D eigenvalue weighted by atomic mass is 10.2. The minimum atomic E-state index is 0.827. The average Bonchev–Trinajstić information content (AvgIpc) is 2.71. The minimum Gasteiger partial charge on any atom is -0.241 e. The number of hydrogen-bond donors (Lipinski definition) is 0. The van der Waals surface area contributed by atoms with E-state index in [2.05, 4.69) is 22.0 Å². The van der Waals surface area contributed by atoms with E-state index in [-0.39, 0.29) is 0 Å². The topological polar surface area (TPSA) is 43.6 Å². The molecule has 2 aromatic heterocycles. The van der Waals surface area contributed by atoms with Gasteiger partial charge in [-0.1, -0.05) is 13.3 Å². The Hall–Kier alpha value is -1.71. The summed E-state index contributed by atoms with van der Waals surface area (Å²) in [6, 6.07) is 3.85. The van der Waals surface area contributed by atoms with E-state index in [1.54, 1.807) is 17.2 Å². The molecule has 0 aromatic carbocycles. The molecule has 0 aliphatic heterocycles. The molecule has 0 spiro atoms. The Balaban J connectivity index is 2.31. The average molecular weight is 188 g/mol. The van der Waals surface area contributed by atoms with Gasteiger partial charge in [0.1, 0.15) is 6.33 Å². The minimum absolute atomic E-state index is 0.827. The first-order valence-electron chi connectivity index (χ1n) is 4.71. The Morgan fingerprint density at radius 1 is 1.36 bits per heavy atom. The van der Waals surface area contributed by atoms with Crippen molar-refractivity contribution in [3.8, 4) is 5.82 Å². The monoisotopic (exact) mass is 188 g/mol. The highest BCUT2D eigenvalue weighted by Crippen LogP contribution is 2.04. The van der Waals surface area contributed by atoms with Crippen LogP contribution >= 0.6 is 0 Å². The van der Waals surface area contributed by atoms with Crippen molar-refractivity contribution in [3.63, 3.8) is 0 Å². The number of nitrogens with zero attached hydrogens (tertiary/aromatic N) is 4. The van der Waals surface area contributed by atoms with Crippen molar-refractivity contribution in [2.45, 2.75) is 19.8 Å². The van der Waals surface area contributed by atoms with E-state index in [1.807, 2.05) is 18.3 Å². The molecule has 0 N–H and O–H groups in total. The number of aryl methyl sites for hydroxylation is 1. The van der Waals surface area contributed by atoms with Crippen molar-refractivity contribution in [3.05, 3.63) is 36.5 Å². The molecule has 2 rings (SSSR count). The molecule has 2 aromatic rings. The van der Waals surface area contributed by atoms with Gasteiger partial charge in [0, 0.05) is 24.2 Å². The highest BCUT2D eigenvalue weighted by Gasteiger charge is 1.99. The molecular weight excluding hydrogens is 176 g/mol. The van der Waals surface area contributed by atoms with Crippen molar-refractivity contribution in [1.82, 2.24) is 19.7 Å². The number of rotatable bonds is 3. The zero-order chi connectivity index (χ0) is 9.80. The van der Waals surface area contributed by atoms with Gasteiger partial charge in [-0.3, -0.25) is 0 Å². The summed E-state index contributed by atoms with van der Waals surface area (Å²) in [5.41, 5.74) is 1.06. The molecule has 0 saturated heterocycles. The smallest absolute Gasteiger partial charge is 0.156 e. The van der Waals surface area contributed by atoms with Gasteiger partial charge >= 0.3 is 0 Å². The largest absolute Gasteiger partial charge is 0.241 e. The zero-order valence-electron chi connectivity index (χ0n) is 8.09. The molecular formula is C10H12N4. The van der Waals surface area contributed by atoms with E-state index in [0.717, 1.165) is 24.4 Å². The number of hydrogen-bond acceptors (Lipinski definition) is 3. The zero-order valence-corrected chi connectivity index (χ0v) is 8.09.